The fourth-order valence-electron chi connectivity index (χ4n) is 2.22. The van der Waals surface area contributed by atoms with Crippen molar-refractivity contribution in [3.8, 4) is 0 Å². The third-order valence-electron chi connectivity index (χ3n) is 3.33. The molecule has 0 aliphatic carbocycles. The van der Waals surface area contributed by atoms with Gasteiger partial charge in [-0.05, 0) is 36.4 Å². The maximum Gasteiger partial charge on any atom is 0.370 e. The van der Waals surface area contributed by atoms with Crippen molar-refractivity contribution < 1.29 is 29.2 Å². The van der Waals surface area contributed by atoms with Crippen LogP contribution in [0, 0.1) is 0 Å². The molecule has 0 atom stereocenters. The van der Waals surface area contributed by atoms with Gasteiger partial charge in [0.05, 0.1) is 21.6 Å². The minimum absolute atomic E-state index is 0.0146. The molecule has 11 heteroatoms. The molecule has 0 bridgehead atoms. The van der Waals surface area contributed by atoms with Gasteiger partial charge in [0.2, 0.25) is 0 Å². The van der Waals surface area contributed by atoms with Crippen LogP contribution in [0.4, 0.5) is 8.78 Å². The van der Waals surface area contributed by atoms with Gasteiger partial charge in [0.15, 0.2) is 14.7 Å². The van der Waals surface area contributed by atoms with Crippen LogP contribution in [0.25, 0.3) is 0 Å². The molecule has 0 N–H and O–H groups in total. The largest absolute Gasteiger partial charge is 0.370 e. The quantitative estimate of drug-likeness (QED) is 0.363. The van der Waals surface area contributed by atoms with Crippen LogP contribution in [-0.2, 0) is 34.0 Å². The van der Waals surface area contributed by atoms with Gasteiger partial charge < -0.3 is 0 Å². The summed E-state index contributed by atoms with van der Waals surface area (Å²) in [5.41, 5.74) is 0. The Morgan fingerprint density at radius 2 is 0.967 bits per heavy atom. The molecule has 0 aromatic heterocycles. The topological polar surface area (TPSA) is 77.5 Å². The number of benzene rings is 3. The first-order chi connectivity index (χ1) is 14.1. The van der Waals surface area contributed by atoms with Gasteiger partial charge in [-0.2, -0.15) is 25.6 Å². The third-order valence-corrected chi connectivity index (χ3v) is 7.87. The van der Waals surface area contributed by atoms with Gasteiger partial charge in [-0.3, -0.25) is 0 Å². The Balaban J connectivity index is 0.000000252. The molecule has 3 aromatic rings. The van der Waals surface area contributed by atoms with Crippen molar-refractivity contribution in [3.63, 3.8) is 0 Å². The molecule has 0 spiro atoms. The molecule has 160 valence electrons. The van der Waals surface area contributed by atoms with Crippen molar-refractivity contribution in [2.45, 2.75) is 20.4 Å². The Labute approximate surface area is 181 Å². The van der Waals surface area contributed by atoms with E-state index in [1.807, 2.05) is 0 Å². The summed E-state index contributed by atoms with van der Waals surface area (Å²) in [5, 5.41) is 0. The molecule has 3 rings (SSSR count). The van der Waals surface area contributed by atoms with Gasteiger partial charge in [-0.15, -0.1) is 3.63 Å². The Kier molecular flexibility index (Phi) is 8.80. The molecule has 30 heavy (non-hydrogen) atoms. The molecular weight excluding hydrogens is 478 g/mol. The minimum atomic E-state index is -5.41. The molecule has 3 aromatic carbocycles. The second-order valence-corrected chi connectivity index (χ2v) is 11.3. The van der Waals surface area contributed by atoms with Gasteiger partial charge in [0, 0.05) is 0 Å². The number of alkyl halides is 2. The predicted octanol–water partition coefficient (Wildman–Crippen LogP) is 4.82. The molecule has 5 nitrogen and oxygen atoms in total. The molecule has 0 unspecified atom stereocenters. The lowest BCUT2D eigenvalue weighted by Gasteiger charge is -2.07. The highest BCUT2D eigenvalue weighted by atomic mass is 35.7. The van der Waals surface area contributed by atoms with Crippen molar-refractivity contribution in [2.24, 2.45) is 0 Å². The highest BCUT2D eigenvalue weighted by Gasteiger charge is 2.31. The fraction of sp³-hybridized carbons (Fsp3) is 0.0526. The number of hydrogen-bond donors (Lipinski definition) is 0. The van der Waals surface area contributed by atoms with Crippen LogP contribution in [0.1, 0.15) is 0 Å². The zero-order valence-corrected chi connectivity index (χ0v) is 18.3. The third kappa shape index (κ3) is 7.69. The van der Waals surface area contributed by atoms with E-state index in [2.05, 4.69) is 105 Å². The second kappa shape index (κ2) is 10.9. The van der Waals surface area contributed by atoms with Gasteiger partial charge in [0.25, 0.3) is 0 Å². The van der Waals surface area contributed by atoms with E-state index in [9.17, 15) is 25.6 Å². The van der Waals surface area contributed by atoms with Crippen LogP contribution >= 0.6 is 10.7 Å². The van der Waals surface area contributed by atoms with Crippen molar-refractivity contribution in [3.05, 3.63) is 91.0 Å². The molecule has 0 amide bonds. The monoisotopic (exact) mass is 493 g/mol. The predicted molar refractivity (Wildman–Crippen MR) is 112 cm³/mol. The van der Waals surface area contributed by atoms with Gasteiger partial charge >= 0.3 is 25.2 Å². The Morgan fingerprint density at radius 3 is 1.17 bits per heavy atom. The Morgan fingerprint density at radius 1 is 0.667 bits per heavy atom. The van der Waals surface area contributed by atoms with Crippen LogP contribution < -0.4 is 0 Å². The van der Waals surface area contributed by atoms with E-state index in [0.717, 1.165) is 0 Å². The van der Waals surface area contributed by atoms with E-state index in [1.165, 1.54) is 14.7 Å². The zero-order chi connectivity index (χ0) is 22.2. The molecule has 0 radical (unpaired) electrons. The van der Waals surface area contributed by atoms with Crippen LogP contribution in [0.3, 0.4) is 0 Å². The van der Waals surface area contributed by atoms with Crippen molar-refractivity contribution in [2.75, 3.05) is 0 Å². The Bertz CT molecular complexity index is 1030. The molecule has 0 fully saturated rings. The van der Waals surface area contributed by atoms with E-state index >= 15 is 0 Å². The summed E-state index contributed by atoms with van der Waals surface area (Å²) >= 11 is 0. The normalized spacial score (nSPS) is 11.8. The van der Waals surface area contributed by atoms with E-state index in [4.69, 9.17) is 0 Å². The SMILES string of the molecule is O=S(=O)(Cl)OS(=O)(=O)C(F)F.c1ccc([S+](c2ccccc2)c2ccccc2)cc1. The first kappa shape index (κ1) is 24.3. The van der Waals surface area contributed by atoms with Gasteiger partial charge in [0.1, 0.15) is 0 Å². The van der Waals surface area contributed by atoms with Crippen molar-refractivity contribution in [1.29, 1.82) is 0 Å². The summed E-state index contributed by atoms with van der Waals surface area (Å²) in [6.07, 6.45) is 0. The van der Waals surface area contributed by atoms with E-state index < -0.39 is 25.2 Å². The smallest absolute Gasteiger partial charge is 0.192 e. The lowest BCUT2D eigenvalue weighted by atomic mass is 10.4. The van der Waals surface area contributed by atoms with Crippen LogP contribution in [0.2, 0.25) is 0 Å². The van der Waals surface area contributed by atoms with Crippen molar-refractivity contribution in [1.82, 2.24) is 0 Å². The van der Waals surface area contributed by atoms with Gasteiger partial charge in [-0.1, -0.05) is 54.6 Å². The molecule has 0 aliphatic rings. The standard InChI is InChI=1S/C18H15S.CHClF2O5S2/c1-4-10-16(11-5-1)19(17-12-6-2-7-13-17)18-14-8-3-9-15-18;2-11(7,8)9-10(5,6)1(3)4/h1-15H;1H/q+1;. The average molecular weight is 494 g/mol. The highest BCUT2D eigenvalue weighted by molar-refractivity contribution is 8.15. The van der Waals surface area contributed by atoms with Crippen LogP contribution in [-0.4, -0.2) is 22.6 Å². The average Bonchev–Trinajstić information content (AvgIpc) is 2.69. The summed E-state index contributed by atoms with van der Waals surface area (Å²) in [6, 6.07) is 32.2. The van der Waals surface area contributed by atoms with Crippen LogP contribution in [0.5, 0.6) is 0 Å². The molecule has 0 aliphatic heterocycles. The Hall–Kier alpha value is -1.98. The maximum absolute atomic E-state index is 11.3. The van der Waals surface area contributed by atoms with E-state index in [0.29, 0.717) is 0 Å². The molecular formula is C19H16ClF2O5S3+. The minimum Gasteiger partial charge on any atom is -0.192 e. The van der Waals surface area contributed by atoms with E-state index in [1.54, 1.807) is 0 Å². The lowest BCUT2D eigenvalue weighted by molar-refractivity contribution is 0.220. The first-order valence-electron chi connectivity index (χ1n) is 8.17. The molecule has 0 heterocycles. The fourth-order valence-corrected chi connectivity index (χ4v) is 6.11. The van der Waals surface area contributed by atoms with Gasteiger partial charge in [-0.25, -0.2) is 0 Å². The lowest BCUT2D eigenvalue weighted by Crippen LogP contribution is -2.16. The molecule has 0 saturated heterocycles. The number of halogens is 3. The summed E-state index contributed by atoms with van der Waals surface area (Å²) in [5.74, 6) is -3.93. The number of hydrogen-bond acceptors (Lipinski definition) is 5. The highest BCUT2D eigenvalue weighted by Crippen LogP contribution is 2.30. The maximum atomic E-state index is 11.3. The summed E-state index contributed by atoms with van der Waals surface area (Å²) in [7, 11) is -6.15. The molecule has 0 saturated carbocycles. The summed E-state index contributed by atoms with van der Waals surface area (Å²) in [4.78, 5) is 4.08. The number of rotatable bonds is 6. The zero-order valence-electron chi connectivity index (χ0n) is 15.1. The first-order valence-corrected chi connectivity index (χ1v) is 13.1. The summed E-state index contributed by atoms with van der Waals surface area (Å²) in [6.45, 7) is 0. The second-order valence-electron chi connectivity index (χ2n) is 5.46. The van der Waals surface area contributed by atoms with Crippen LogP contribution in [0.15, 0.2) is 106 Å². The van der Waals surface area contributed by atoms with E-state index in [-0.39, 0.29) is 10.9 Å². The van der Waals surface area contributed by atoms with Crippen molar-refractivity contribution >= 4 is 41.0 Å². The summed E-state index contributed by atoms with van der Waals surface area (Å²) < 4.78 is 64.8.